The smallest absolute Gasteiger partial charge is 0.303 e. The van der Waals surface area contributed by atoms with Gasteiger partial charge in [0.1, 0.15) is 0 Å². The number of allylic oxidation sites excluding steroid dienone is 14. The Morgan fingerprint density at radius 2 is 0.800 bits per heavy atom. The van der Waals surface area contributed by atoms with Crippen molar-refractivity contribution < 1.29 is 18.9 Å². The highest BCUT2D eigenvalue weighted by Crippen LogP contribution is 2.36. The van der Waals surface area contributed by atoms with Crippen LogP contribution >= 0.6 is 7.82 Å². The Bertz CT molecular complexity index is 1070. The first kappa shape index (κ1) is 43.3. The number of rotatable bonds is 25. The van der Waals surface area contributed by atoms with Crippen LogP contribution in [0.5, 0.6) is 0 Å². The molecule has 0 fully saturated rings. The van der Waals surface area contributed by atoms with E-state index in [1.807, 2.05) is 0 Å². The van der Waals surface area contributed by atoms with Gasteiger partial charge < -0.3 is 9.79 Å². The molecule has 258 valence electrons. The molecule has 0 aliphatic carbocycles. The fourth-order valence-corrected chi connectivity index (χ4v) is 5.41. The normalized spacial score (nSPS) is 15.1. The summed E-state index contributed by atoms with van der Waals surface area (Å²) in [5.41, 5.74) is 10.3. The third kappa shape index (κ3) is 30.7. The lowest BCUT2D eigenvalue weighted by atomic mass is 10.0. The molecule has 0 saturated carbocycles. The van der Waals surface area contributed by atoms with Crippen LogP contribution in [-0.2, 0) is 9.09 Å². The summed E-state index contributed by atoms with van der Waals surface area (Å²) in [6, 6.07) is 0. The topological polar surface area (TPSA) is 66.8 Å². The molecule has 2 N–H and O–H groups in total. The Kier molecular flexibility index (Phi) is 25.4. The van der Waals surface area contributed by atoms with Gasteiger partial charge in [-0.15, -0.1) is 0 Å². The highest BCUT2D eigenvalue weighted by molar-refractivity contribution is 7.46. The van der Waals surface area contributed by atoms with Gasteiger partial charge in [0.2, 0.25) is 0 Å². The molecule has 0 radical (unpaired) electrons. The molecule has 0 spiro atoms. The van der Waals surface area contributed by atoms with E-state index in [0.717, 1.165) is 77.0 Å². The van der Waals surface area contributed by atoms with Gasteiger partial charge in [0.25, 0.3) is 0 Å². The fourth-order valence-electron chi connectivity index (χ4n) is 5.06. The van der Waals surface area contributed by atoms with Gasteiger partial charge in [-0.05, 0) is 158 Å². The zero-order valence-corrected chi connectivity index (χ0v) is 31.5. The molecule has 0 heterocycles. The lowest BCUT2D eigenvalue weighted by Crippen LogP contribution is -2.00. The van der Waals surface area contributed by atoms with Crippen LogP contribution in [-0.4, -0.2) is 16.4 Å². The van der Waals surface area contributed by atoms with Crippen molar-refractivity contribution in [3.63, 3.8) is 0 Å². The zero-order valence-electron chi connectivity index (χ0n) is 30.6. The van der Waals surface area contributed by atoms with Crippen LogP contribution in [0.15, 0.2) is 81.5 Å². The minimum Gasteiger partial charge on any atom is -0.303 e. The predicted molar refractivity (Wildman–Crippen MR) is 198 cm³/mol. The molecule has 0 bridgehead atoms. The number of phosphoric ester groups is 1. The summed E-state index contributed by atoms with van der Waals surface area (Å²) in [5.74, 6) is 0.381. The fraction of sp³-hybridized carbons (Fsp3) is 0.650. The first-order chi connectivity index (χ1) is 21.2. The molecule has 0 aromatic heterocycles. The van der Waals surface area contributed by atoms with Gasteiger partial charge >= 0.3 is 7.82 Å². The van der Waals surface area contributed by atoms with Gasteiger partial charge in [-0.3, -0.25) is 4.52 Å². The first-order valence-corrected chi connectivity index (χ1v) is 19.0. The van der Waals surface area contributed by atoms with Crippen molar-refractivity contribution in [2.45, 2.75) is 159 Å². The molecular formula is C40H69O4P. The molecule has 0 aliphatic rings. The van der Waals surface area contributed by atoms with Crippen LogP contribution in [0, 0.1) is 5.92 Å². The van der Waals surface area contributed by atoms with Gasteiger partial charge in [-0.25, -0.2) is 4.57 Å². The summed E-state index contributed by atoms with van der Waals surface area (Å²) in [6.45, 7) is 20.1. The molecule has 0 rings (SSSR count). The van der Waals surface area contributed by atoms with Crippen LogP contribution in [0.1, 0.15) is 159 Å². The summed E-state index contributed by atoms with van der Waals surface area (Å²) < 4.78 is 15.3. The van der Waals surface area contributed by atoms with E-state index >= 15 is 0 Å². The summed E-state index contributed by atoms with van der Waals surface area (Å²) >= 11 is 0. The summed E-state index contributed by atoms with van der Waals surface area (Å²) in [6.07, 6.45) is 33.0. The Balaban J connectivity index is 4.17. The van der Waals surface area contributed by atoms with E-state index in [4.69, 9.17) is 9.79 Å². The van der Waals surface area contributed by atoms with Crippen molar-refractivity contribution >= 4 is 7.82 Å². The van der Waals surface area contributed by atoms with Gasteiger partial charge in [0, 0.05) is 0 Å². The Labute approximate surface area is 278 Å². The quantitative estimate of drug-likeness (QED) is 0.0766. The summed E-state index contributed by atoms with van der Waals surface area (Å²) in [7, 11) is -4.34. The molecule has 1 atom stereocenters. The van der Waals surface area contributed by atoms with Gasteiger partial charge in [0.05, 0.1) is 6.61 Å². The Morgan fingerprint density at radius 3 is 1.09 bits per heavy atom. The average molecular weight is 645 g/mol. The highest BCUT2D eigenvalue weighted by atomic mass is 31.2. The van der Waals surface area contributed by atoms with Crippen molar-refractivity contribution in [2.24, 2.45) is 5.92 Å². The zero-order chi connectivity index (χ0) is 34.1. The second kappa shape index (κ2) is 26.4. The summed E-state index contributed by atoms with van der Waals surface area (Å²) in [5, 5.41) is 0. The number of phosphoric acid groups is 1. The average Bonchev–Trinajstić information content (AvgIpc) is 2.92. The molecule has 0 aliphatic heterocycles. The number of hydrogen-bond acceptors (Lipinski definition) is 2. The highest BCUT2D eigenvalue weighted by Gasteiger charge is 2.13. The maximum Gasteiger partial charge on any atom is 0.469 e. The van der Waals surface area contributed by atoms with E-state index in [-0.39, 0.29) is 6.61 Å². The van der Waals surface area contributed by atoms with E-state index in [1.54, 1.807) is 0 Å². The van der Waals surface area contributed by atoms with E-state index in [2.05, 4.69) is 109 Å². The van der Waals surface area contributed by atoms with Crippen molar-refractivity contribution in [3.8, 4) is 0 Å². The first-order valence-electron chi connectivity index (χ1n) is 17.4. The van der Waals surface area contributed by atoms with Gasteiger partial charge in [-0.2, -0.15) is 0 Å². The van der Waals surface area contributed by atoms with Crippen molar-refractivity contribution in [2.75, 3.05) is 6.61 Å². The molecule has 4 nitrogen and oxygen atoms in total. The SMILES string of the molecule is CC(C)=CCC/C(C)=C\CC/C(C)=C/CC/C(C)=C\CC/C(C)=C\CC/C(C)=C/CC/C(C)=C/CC[C@@H](C)CCOP(=O)(O)O. The largest absolute Gasteiger partial charge is 0.469 e. The number of hydrogen-bond donors (Lipinski definition) is 2. The molecular weight excluding hydrogens is 575 g/mol. The minimum atomic E-state index is -4.34. The standard InChI is InChI=1S/C40H69O4P/c1-33(2)17-10-18-34(3)19-11-20-35(4)21-12-22-36(5)23-13-24-37(6)25-14-26-38(7)27-15-28-39(8)29-16-30-40(9)31-32-44-45(41,42)43/h17,19,21,23,25,27,29,40H,10-16,18,20,22,24,26,28,30-32H2,1-9H3,(H2,41,42,43)/b34-19-,35-21+,36-23-,37-25-,38-27+,39-29+/t40-/m1/s1. The third-order valence-electron chi connectivity index (χ3n) is 8.27. The van der Waals surface area contributed by atoms with E-state index < -0.39 is 7.82 Å². The molecule has 0 unspecified atom stereocenters. The van der Waals surface area contributed by atoms with Crippen molar-refractivity contribution in [3.05, 3.63) is 81.5 Å². The van der Waals surface area contributed by atoms with Crippen LogP contribution < -0.4 is 0 Å². The second-order valence-corrected chi connectivity index (χ2v) is 14.9. The summed E-state index contributed by atoms with van der Waals surface area (Å²) in [4.78, 5) is 17.5. The monoisotopic (exact) mass is 644 g/mol. The lowest BCUT2D eigenvalue weighted by molar-refractivity contribution is 0.185. The molecule has 0 aromatic rings. The van der Waals surface area contributed by atoms with Crippen molar-refractivity contribution in [1.29, 1.82) is 0 Å². The molecule has 0 saturated heterocycles. The van der Waals surface area contributed by atoms with Crippen LogP contribution in [0.2, 0.25) is 0 Å². The van der Waals surface area contributed by atoms with Gasteiger partial charge in [0.15, 0.2) is 0 Å². The predicted octanol–water partition coefficient (Wildman–Crippen LogP) is 13.2. The lowest BCUT2D eigenvalue weighted by Gasteiger charge is -2.11. The van der Waals surface area contributed by atoms with Crippen LogP contribution in [0.3, 0.4) is 0 Å². The maximum absolute atomic E-state index is 10.8. The second-order valence-electron chi connectivity index (χ2n) is 13.6. The molecule has 0 amide bonds. The molecule has 5 heteroatoms. The van der Waals surface area contributed by atoms with E-state index in [1.165, 1.54) is 51.9 Å². The van der Waals surface area contributed by atoms with Gasteiger partial charge in [-0.1, -0.05) is 88.5 Å². The molecule has 0 aromatic carbocycles. The van der Waals surface area contributed by atoms with Crippen LogP contribution in [0.4, 0.5) is 0 Å². The third-order valence-corrected chi connectivity index (χ3v) is 8.79. The molecule has 45 heavy (non-hydrogen) atoms. The van der Waals surface area contributed by atoms with Crippen LogP contribution in [0.25, 0.3) is 0 Å². The Hall–Kier alpha value is -1.71. The van der Waals surface area contributed by atoms with E-state index in [0.29, 0.717) is 12.3 Å². The van der Waals surface area contributed by atoms with E-state index in [9.17, 15) is 4.57 Å². The Morgan fingerprint density at radius 1 is 0.511 bits per heavy atom. The van der Waals surface area contributed by atoms with Crippen molar-refractivity contribution in [1.82, 2.24) is 0 Å². The maximum atomic E-state index is 10.8. The minimum absolute atomic E-state index is 0.109.